The first kappa shape index (κ1) is 10.5. The van der Waals surface area contributed by atoms with Crippen molar-refractivity contribution in [1.82, 2.24) is 14.8 Å². The summed E-state index contributed by atoms with van der Waals surface area (Å²) in [7, 11) is 0. The fraction of sp³-hybridized carbons (Fsp3) is 0.385. The molecule has 88 valence electrons. The predicted octanol–water partition coefficient (Wildman–Crippen LogP) is 2.15. The topological polar surface area (TPSA) is 39.9 Å². The van der Waals surface area contributed by atoms with Crippen molar-refractivity contribution in [3.05, 3.63) is 48.5 Å². The average Bonchev–Trinajstić information content (AvgIpc) is 2.99. The lowest BCUT2D eigenvalue weighted by Crippen LogP contribution is -2.31. The van der Waals surface area contributed by atoms with Crippen molar-refractivity contribution in [2.24, 2.45) is 0 Å². The Morgan fingerprint density at radius 3 is 2.88 bits per heavy atom. The van der Waals surface area contributed by atoms with Gasteiger partial charge in [-0.1, -0.05) is 30.3 Å². The first-order valence-corrected chi connectivity index (χ1v) is 5.84. The van der Waals surface area contributed by atoms with E-state index in [9.17, 15) is 0 Å². The molecule has 1 aromatic carbocycles. The van der Waals surface area contributed by atoms with Gasteiger partial charge < -0.3 is 4.74 Å². The molecule has 2 unspecified atom stereocenters. The quantitative estimate of drug-likeness (QED) is 0.792. The summed E-state index contributed by atoms with van der Waals surface area (Å²) in [6, 6.07) is 10.5. The fourth-order valence-electron chi connectivity index (χ4n) is 2.56. The molecule has 0 N–H and O–H groups in total. The molecule has 3 rings (SSSR count). The maximum Gasteiger partial charge on any atom is 0.137 e. The van der Waals surface area contributed by atoms with Gasteiger partial charge in [0.1, 0.15) is 18.3 Å². The summed E-state index contributed by atoms with van der Waals surface area (Å²) < 4.78 is 7.88. The minimum atomic E-state index is -0.311. The lowest BCUT2D eigenvalue weighted by Gasteiger charge is -2.30. The molecular formula is C13H15N3O. The van der Waals surface area contributed by atoms with Crippen molar-refractivity contribution < 1.29 is 4.74 Å². The van der Waals surface area contributed by atoms with Crippen LogP contribution in [0.15, 0.2) is 43.0 Å². The molecule has 0 radical (unpaired) electrons. The molecule has 0 saturated carbocycles. The zero-order valence-electron chi connectivity index (χ0n) is 9.78. The van der Waals surface area contributed by atoms with E-state index in [1.807, 2.05) is 22.9 Å². The summed E-state index contributed by atoms with van der Waals surface area (Å²) in [6.45, 7) is 2.89. The second kappa shape index (κ2) is 3.96. The molecule has 1 aliphatic rings. The number of benzene rings is 1. The molecule has 2 atom stereocenters. The van der Waals surface area contributed by atoms with Crippen molar-refractivity contribution >= 4 is 0 Å². The van der Waals surface area contributed by atoms with Crippen LogP contribution in [-0.4, -0.2) is 21.4 Å². The molecule has 0 spiro atoms. The fourth-order valence-corrected chi connectivity index (χ4v) is 2.56. The van der Waals surface area contributed by atoms with Crippen LogP contribution in [0.5, 0.6) is 0 Å². The highest BCUT2D eigenvalue weighted by Gasteiger charge is 2.43. The normalized spacial score (nSPS) is 28.4. The third-order valence-electron chi connectivity index (χ3n) is 3.53. The summed E-state index contributed by atoms with van der Waals surface area (Å²) in [5.41, 5.74) is 0.882. The summed E-state index contributed by atoms with van der Waals surface area (Å²) in [6.07, 6.45) is 4.30. The van der Waals surface area contributed by atoms with Gasteiger partial charge in [-0.2, -0.15) is 5.10 Å². The Labute approximate surface area is 100 Å². The zero-order valence-corrected chi connectivity index (χ0v) is 9.78. The van der Waals surface area contributed by atoms with E-state index < -0.39 is 0 Å². The highest BCUT2D eigenvalue weighted by Crippen LogP contribution is 2.43. The highest BCUT2D eigenvalue weighted by atomic mass is 16.5. The summed E-state index contributed by atoms with van der Waals surface area (Å²) in [5, 5.41) is 4.24. The van der Waals surface area contributed by atoms with E-state index in [4.69, 9.17) is 4.74 Å². The molecule has 1 saturated heterocycles. The number of nitrogens with zero attached hydrogens (tertiary/aromatic N) is 3. The van der Waals surface area contributed by atoms with Crippen molar-refractivity contribution in [2.45, 2.75) is 25.0 Å². The second-order valence-electron chi connectivity index (χ2n) is 4.50. The predicted molar refractivity (Wildman–Crippen MR) is 63.4 cm³/mol. The maximum atomic E-state index is 5.97. The van der Waals surface area contributed by atoms with Crippen LogP contribution in [0.3, 0.4) is 0 Å². The first-order chi connectivity index (χ1) is 8.31. The van der Waals surface area contributed by atoms with Gasteiger partial charge >= 0.3 is 0 Å². The largest absolute Gasteiger partial charge is 0.368 e. The first-order valence-electron chi connectivity index (χ1n) is 5.84. The molecule has 0 aliphatic carbocycles. The van der Waals surface area contributed by atoms with Gasteiger partial charge in [-0.25, -0.2) is 9.67 Å². The Morgan fingerprint density at radius 2 is 2.18 bits per heavy atom. The van der Waals surface area contributed by atoms with Gasteiger partial charge in [-0.3, -0.25) is 0 Å². The van der Waals surface area contributed by atoms with Crippen molar-refractivity contribution in [2.75, 3.05) is 6.61 Å². The second-order valence-corrected chi connectivity index (χ2v) is 4.50. The summed E-state index contributed by atoms with van der Waals surface area (Å²) in [5.74, 6) is 0. The Balaban J connectivity index is 2.01. The van der Waals surface area contributed by atoms with Gasteiger partial charge in [0.2, 0.25) is 0 Å². The molecule has 1 fully saturated rings. The third kappa shape index (κ3) is 1.65. The van der Waals surface area contributed by atoms with Gasteiger partial charge in [0.25, 0.3) is 0 Å². The molecule has 2 heterocycles. The van der Waals surface area contributed by atoms with E-state index in [0.717, 1.165) is 13.0 Å². The minimum absolute atomic E-state index is 0.215. The molecular weight excluding hydrogens is 214 g/mol. The van der Waals surface area contributed by atoms with Crippen molar-refractivity contribution in [3.63, 3.8) is 0 Å². The van der Waals surface area contributed by atoms with Crippen LogP contribution in [0, 0.1) is 0 Å². The number of hydrogen-bond acceptors (Lipinski definition) is 3. The summed E-state index contributed by atoms with van der Waals surface area (Å²) in [4.78, 5) is 4.02. The monoisotopic (exact) mass is 229 g/mol. The molecule has 17 heavy (non-hydrogen) atoms. The average molecular weight is 229 g/mol. The Morgan fingerprint density at radius 1 is 1.35 bits per heavy atom. The van der Waals surface area contributed by atoms with E-state index in [1.165, 1.54) is 5.56 Å². The number of aromatic nitrogens is 3. The van der Waals surface area contributed by atoms with Crippen LogP contribution >= 0.6 is 0 Å². The molecule has 1 aliphatic heterocycles. The van der Waals surface area contributed by atoms with Gasteiger partial charge in [0.15, 0.2) is 0 Å². The van der Waals surface area contributed by atoms with E-state index in [2.05, 4.69) is 29.1 Å². The maximum absolute atomic E-state index is 5.97. The van der Waals surface area contributed by atoms with Gasteiger partial charge in [-0.05, 0) is 18.9 Å². The van der Waals surface area contributed by atoms with Gasteiger partial charge in [0, 0.05) is 0 Å². The summed E-state index contributed by atoms with van der Waals surface area (Å²) >= 11 is 0. The van der Waals surface area contributed by atoms with Crippen LogP contribution < -0.4 is 0 Å². The van der Waals surface area contributed by atoms with E-state index in [1.54, 1.807) is 12.7 Å². The number of rotatable bonds is 2. The molecule has 4 nitrogen and oxygen atoms in total. The highest BCUT2D eigenvalue weighted by molar-refractivity contribution is 5.24. The van der Waals surface area contributed by atoms with E-state index in [-0.39, 0.29) is 11.6 Å². The van der Waals surface area contributed by atoms with Crippen LogP contribution in [0.4, 0.5) is 0 Å². The van der Waals surface area contributed by atoms with Crippen LogP contribution in [0.1, 0.15) is 24.9 Å². The lowest BCUT2D eigenvalue weighted by atomic mass is 9.88. The van der Waals surface area contributed by atoms with E-state index >= 15 is 0 Å². The smallest absolute Gasteiger partial charge is 0.137 e. The van der Waals surface area contributed by atoms with Crippen LogP contribution in [0.2, 0.25) is 0 Å². The molecule has 4 heteroatoms. The van der Waals surface area contributed by atoms with Gasteiger partial charge in [-0.15, -0.1) is 0 Å². The molecule has 0 bridgehead atoms. The van der Waals surface area contributed by atoms with Crippen molar-refractivity contribution in [3.8, 4) is 0 Å². The molecule has 2 aromatic rings. The SMILES string of the molecule is CC1(c2ccccc2)OCCC1n1cncn1. The lowest BCUT2D eigenvalue weighted by molar-refractivity contribution is -0.00910. The Kier molecular flexibility index (Phi) is 2.44. The third-order valence-corrected chi connectivity index (χ3v) is 3.53. The van der Waals surface area contributed by atoms with Gasteiger partial charge in [0.05, 0.1) is 12.6 Å². The molecule has 0 amide bonds. The number of ether oxygens (including phenoxy) is 1. The van der Waals surface area contributed by atoms with E-state index in [0.29, 0.717) is 0 Å². The minimum Gasteiger partial charge on any atom is -0.368 e. The van der Waals surface area contributed by atoms with Crippen molar-refractivity contribution in [1.29, 1.82) is 0 Å². The van der Waals surface area contributed by atoms with Crippen LogP contribution in [0.25, 0.3) is 0 Å². The van der Waals surface area contributed by atoms with Crippen LogP contribution in [-0.2, 0) is 10.3 Å². The Hall–Kier alpha value is -1.68. The Bertz CT molecular complexity index is 483. The zero-order chi connectivity index (χ0) is 11.7. The standard InChI is InChI=1S/C13H15N3O/c1-13(11-5-3-2-4-6-11)12(7-8-17-13)16-10-14-9-15-16/h2-6,9-10,12H,7-8H2,1H3. The number of hydrogen-bond donors (Lipinski definition) is 0. The molecule has 1 aromatic heterocycles.